The van der Waals surface area contributed by atoms with Gasteiger partial charge in [0.2, 0.25) is 15.9 Å². The van der Waals surface area contributed by atoms with Crippen LogP contribution in [0.25, 0.3) is 5.69 Å². The van der Waals surface area contributed by atoms with Gasteiger partial charge in [-0.15, -0.1) is 0 Å². The standard InChI is InChI=1S/C22H26N4O4S/c1-16(26(31(4,28)29)20-9-11-21(30-3)12-10-20)22(27)24-15-18-5-7-19(8-6-18)25-14-13-23-17(25)2/h5-14,16H,15H2,1-4H3,(H,24,27). The van der Waals surface area contributed by atoms with Crippen molar-refractivity contribution < 1.29 is 17.9 Å². The molecule has 1 heterocycles. The van der Waals surface area contributed by atoms with Gasteiger partial charge in [-0.3, -0.25) is 9.10 Å². The Balaban J connectivity index is 1.69. The number of hydrogen-bond donors (Lipinski definition) is 1. The zero-order chi connectivity index (χ0) is 22.6. The van der Waals surface area contributed by atoms with Crippen LogP contribution in [0.2, 0.25) is 0 Å². The summed E-state index contributed by atoms with van der Waals surface area (Å²) in [5, 5.41) is 2.82. The van der Waals surface area contributed by atoms with Crippen molar-refractivity contribution in [1.29, 1.82) is 0 Å². The van der Waals surface area contributed by atoms with Crippen LogP contribution < -0.4 is 14.4 Å². The largest absolute Gasteiger partial charge is 0.497 e. The third-order valence-corrected chi connectivity index (χ3v) is 6.16. The summed E-state index contributed by atoms with van der Waals surface area (Å²) in [6.45, 7) is 3.77. The number of methoxy groups -OCH3 is 1. The number of anilines is 1. The fourth-order valence-electron chi connectivity index (χ4n) is 3.30. The molecule has 0 fully saturated rings. The molecule has 8 nitrogen and oxygen atoms in total. The summed E-state index contributed by atoms with van der Waals surface area (Å²) >= 11 is 0. The van der Waals surface area contributed by atoms with E-state index in [1.165, 1.54) is 7.11 Å². The van der Waals surface area contributed by atoms with Gasteiger partial charge in [0.25, 0.3) is 0 Å². The second-order valence-electron chi connectivity index (χ2n) is 7.16. The Hall–Kier alpha value is -3.33. The molecule has 0 spiro atoms. The van der Waals surface area contributed by atoms with E-state index in [-0.39, 0.29) is 6.54 Å². The van der Waals surface area contributed by atoms with Crippen molar-refractivity contribution in [3.05, 3.63) is 72.3 Å². The normalized spacial score (nSPS) is 12.3. The maximum absolute atomic E-state index is 12.7. The lowest BCUT2D eigenvalue weighted by Crippen LogP contribution is -2.47. The summed E-state index contributed by atoms with van der Waals surface area (Å²) in [7, 11) is -2.15. The Bertz CT molecular complexity index is 1140. The van der Waals surface area contributed by atoms with Crippen LogP contribution >= 0.6 is 0 Å². The topological polar surface area (TPSA) is 93.5 Å². The van der Waals surface area contributed by atoms with Crippen LogP contribution in [0.1, 0.15) is 18.3 Å². The van der Waals surface area contributed by atoms with Gasteiger partial charge in [0.05, 0.1) is 19.1 Å². The Labute approximate surface area is 182 Å². The highest BCUT2D eigenvalue weighted by atomic mass is 32.2. The first-order valence-electron chi connectivity index (χ1n) is 9.71. The molecule has 0 aliphatic carbocycles. The lowest BCUT2D eigenvalue weighted by Gasteiger charge is -2.28. The number of sulfonamides is 1. The van der Waals surface area contributed by atoms with Gasteiger partial charge in [-0.05, 0) is 55.8 Å². The number of hydrogen-bond acceptors (Lipinski definition) is 5. The summed E-state index contributed by atoms with van der Waals surface area (Å²) in [4.78, 5) is 17.0. The highest BCUT2D eigenvalue weighted by Gasteiger charge is 2.29. The number of imidazole rings is 1. The van der Waals surface area contributed by atoms with Crippen LogP contribution in [0.15, 0.2) is 60.9 Å². The molecule has 0 saturated heterocycles. The molecule has 31 heavy (non-hydrogen) atoms. The summed E-state index contributed by atoms with van der Waals surface area (Å²) < 4.78 is 33.0. The van der Waals surface area contributed by atoms with Gasteiger partial charge in [-0.2, -0.15) is 0 Å². The number of carbonyl (C=O) groups excluding carboxylic acids is 1. The van der Waals surface area contributed by atoms with Gasteiger partial charge < -0.3 is 14.6 Å². The molecule has 9 heteroatoms. The highest BCUT2D eigenvalue weighted by molar-refractivity contribution is 7.92. The Kier molecular flexibility index (Phi) is 6.65. The maximum atomic E-state index is 12.7. The second-order valence-corrected chi connectivity index (χ2v) is 9.02. The van der Waals surface area contributed by atoms with Crippen LogP contribution in [-0.2, 0) is 21.4 Å². The quantitative estimate of drug-likeness (QED) is 0.579. The van der Waals surface area contributed by atoms with Crippen molar-refractivity contribution in [3.8, 4) is 11.4 Å². The Morgan fingerprint density at radius 1 is 1.16 bits per heavy atom. The molecule has 3 rings (SSSR count). The number of nitrogens with zero attached hydrogens (tertiary/aromatic N) is 3. The minimum absolute atomic E-state index is 0.284. The number of ether oxygens (including phenoxy) is 1. The fourth-order valence-corrected chi connectivity index (χ4v) is 4.47. The van der Waals surface area contributed by atoms with Crippen LogP contribution in [0, 0.1) is 6.92 Å². The van der Waals surface area contributed by atoms with E-state index in [9.17, 15) is 13.2 Å². The van der Waals surface area contributed by atoms with E-state index >= 15 is 0 Å². The summed E-state index contributed by atoms with van der Waals surface area (Å²) in [5.41, 5.74) is 2.27. The number of aryl methyl sites for hydroxylation is 1. The molecular weight excluding hydrogens is 416 g/mol. The third-order valence-electron chi connectivity index (χ3n) is 4.92. The summed E-state index contributed by atoms with van der Waals surface area (Å²) in [6, 6.07) is 13.3. The minimum atomic E-state index is -3.68. The molecule has 1 N–H and O–H groups in total. The molecule has 1 amide bonds. The summed E-state index contributed by atoms with van der Waals surface area (Å²) in [6.07, 6.45) is 4.70. The van der Waals surface area contributed by atoms with Crippen LogP contribution in [0.5, 0.6) is 5.75 Å². The predicted molar refractivity (Wildman–Crippen MR) is 120 cm³/mol. The number of amides is 1. The molecule has 1 aromatic heterocycles. The minimum Gasteiger partial charge on any atom is -0.497 e. The molecule has 2 aromatic carbocycles. The Morgan fingerprint density at radius 2 is 1.81 bits per heavy atom. The van der Waals surface area contributed by atoms with Gasteiger partial charge >= 0.3 is 0 Å². The molecule has 0 radical (unpaired) electrons. The van der Waals surface area contributed by atoms with Gasteiger partial charge in [0.1, 0.15) is 17.6 Å². The molecule has 3 aromatic rings. The zero-order valence-electron chi connectivity index (χ0n) is 17.9. The fraction of sp³-hybridized carbons (Fsp3) is 0.273. The van der Waals surface area contributed by atoms with Crippen molar-refractivity contribution >= 4 is 21.6 Å². The van der Waals surface area contributed by atoms with Gasteiger partial charge in [0.15, 0.2) is 0 Å². The van der Waals surface area contributed by atoms with Crippen molar-refractivity contribution in [2.75, 3.05) is 17.7 Å². The van der Waals surface area contributed by atoms with Crippen molar-refractivity contribution in [3.63, 3.8) is 0 Å². The van der Waals surface area contributed by atoms with Crippen molar-refractivity contribution in [2.45, 2.75) is 26.4 Å². The van der Waals surface area contributed by atoms with Crippen molar-refractivity contribution in [1.82, 2.24) is 14.9 Å². The number of aromatic nitrogens is 2. The number of benzene rings is 2. The van der Waals surface area contributed by atoms with E-state index in [0.29, 0.717) is 11.4 Å². The molecular formula is C22H26N4O4S. The smallest absolute Gasteiger partial charge is 0.243 e. The summed E-state index contributed by atoms with van der Waals surface area (Å²) in [5.74, 6) is 1.09. The van der Waals surface area contributed by atoms with Gasteiger partial charge in [0, 0.05) is 24.6 Å². The molecule has 0 bridgehead atoms. The molecule has 0 aliphatic rings. The van der Waals surface area contributed by atoms with Crippen LogP contribution in [0.3, 0.4) is 0 Å². The van der Waals surface area contributed by atoms with Crippen LogP contribution in [-0.4, -0.2) is 43.3 Å². The van der Waals surface area contributed by atoms with E-state index in [2.05, 4.69) is 10.3 Å². The van der Waals surface area contributed by atoms with E-state index < -0.39 is 22.0 Å². The van der Waals surface area contributed by atoms with E-state index in [0.717, 1.165) is 27.6 Å². The number of nitrogens with one attached hydrogen (secondary N) is 1. The monoisotopic (exact) mass is 442 g/mol. The molecule has 0 aliphatic heterocycles. The SMILES string of the molecule is COc1ccc(N(C(C)C(=O)NCc2ccc(-n3ccnc3C)cc2)S(C)(=O)=O)cc1. The highest BCUT2D eigenvalue weighted by Crippen LogP contribution is 2.24. The third kappa shape index (κ3) is 5.24. The first-order chi connectivity index (χ1) is 14.7. The van der Waals surface area contributed by atoms with E-state index in [1.807, 2.05) is 42.0 Å². The van der Waals surface area contributed by atoms with E-state index in [4.69, 9.17) is 4.74 Å². The molecule has 1 unspecified atom stereocenters. The number of rotatable bonds is 8. The Morgan fingerprint density at radius 3 is 2.32 bits per heavy atom. The zero-order valence-corrected chi connectivity index (χ0v) is 18.8. The van der Waals surface area contributed by atoms with Gasteiger partial charge in [-0.1, -0.05) is 12.1 Å². The molecule has 1 atom stereocenters. The molecule has 0 saturated carbocycles. The first-order valence-corrected chi connectivity index (χ1v) is 11.6. The predicted octanol–water partition coefficient (Wildman–Crippen LogP) is 2.66. The maximum Gasteiger partial charge on any atom is 0.243 e. The lowest BCUT2D eigenvalue weighted by molar-refractivity contribution is -0.122. The average Bonchev–Trinajstić information content (AvgIpc) is 3.17. The van der Waals surface area contributed by atoms with Gasteiger partial charge in [-0.25, -0.2) is 13.4 Å². The van der Waals surface area contributed by atoms with E-state index in [1.54, 1.807) is 37.4 Å². The first kappa shape index (κ1) is 22.4. The molecule has 164 valence electrons. The lowest BCUT2D eigenvalue weighted by atomic mass is 10.2. The van der Waals surface area contributed by atoms with Crippen molar-refractivity contribution in [2.24, 2.45) is 0 Å². The second kappa shape index (κ2) is 9.22. The van der Waals surface area contributed by atoms with Crippen LogP contribution in [0.4, 0.5) is 5.69 Å². The average molecular weight is 443 g/mol. The number of carbonyl (C=O) groups is 1.